The van der Waals surface area contributed by atoms with Crippen LogP contribution in [-0.2, 0) is 28.5 Å². The van der Waals surface area contributed by atoms with Crippen molar-refractivity contribution in [3.63, 3.8) is 0 Å². The van der Waals surface area contributed by atoms with Crippen LogP contribution in [0.1, 0.15) is 79.6 Å². The SMILES string of the molecule is COC(=O)c1ccc(CN2CCCc3cc4c(cc32)C(C)(C)CCC4(C)C)cc1. The number of fused-ring (bicyclic) bond motifs is 2. The lowest BCUT2D eigenvalue weighted by atomic mass is 9.62. The van der Waals surface area contributed by atoms with Crippen molar-refractivity contribution < 1.29 is 9.53 Å². The van der Waals surface area contributed by atoms with Gasteiger partial charge in [-0.15, -0.1) is 0 Å². The Morgan fingerprint density at radius 2 is 1.62 bits per heavy atom. The normalized spacial score (nSPS) is 19.3. The van der Waals surface area contributed by atoms with Crippen molar-refractivity contribution >= 4 is 11.7 Å². The Balaban J connectivity index is 1.67. The first-order valence-electron chi connectivity index (χ1n) is 10.8. The number of carbonyl (C=O) groups is 1. The molecule has 0 spiro atoms. The topological polar surface area (TPSA) is 29.5 Å². The van der Waals surface area contributed by atoms with Crippen LogP contribution >= 0.6 is 0 Å². The fraction of sp³-hybridized carbons (Fsp3) is 0.500. The first-order chi connectivity index (χ1) is 13.7. The number of aryl methyl sites for hydroxylation is 1. The Kier molecular flexibility index (Phi) is 4.96. The molecule has 3 nitrogen and oxygen atoms in total. The molecule has 0 saturated heterocycles. The Hall–Kier alpha value is -2.29. The molecule has 0 radical (unpaired) electrons. The summed E-state index contributed by atoms with van der Waals surface area (Å²) in [4.78, 5) is 14.2. The quantitative estimate of drug-likeness (QED) is 0.622. The van der Waals surface area contributed by atoms with E-state index in [1.54, 1.807) is 5.56 Å². The maximum atomic E-state index is 11.7. The molecule has 0 N–H and O–H groups in total. The van der Waals surface area contributed by atoms with Gasteiger partial charge >= 0.3 is 5.97 Å². The van der Waals surface area contributed by atoms with E-state index in [9.17, 15) is 4.79 Å². The van der Waals surface area contributed by atoms with E-state index in [0.29, 0.717) is 5.56 Å². The highest BCUT2D eigenvalue weighted by atomic mass is 16.5. The van der Waals surface area contributed by atoms with Crippen molar-refractivity contribution in [2.45, 2.75) is 70.8 Å². The highest BCUT2D eigenvalue weighted by Crippen LogP contribution is 2.48. The number of ether oxygens (including phenoxy) is 1. The largest absolute Gasteiger partial charge is 0.465 e. The van der Waals surface area contributed by atoms with E-state index in [4.69, 9.17) is 4.74 Å². The second kappa shape index (κ2) is 7.19. The lowest BCUT2D eigenvalue weighted by Gasteiger charge is -2.44. The van der Waals surface area contributed by atoms with Gasteiger partial charge in [-0.2, -0.15) is 0 Å². The zero-order valence-corrected chi connectivity index (χ0v) is 18.5. The van der Waals surface area contributed by atoms with E-state index in [0.717, 1.165) is 19.5 Å². The van der Waals surface area contributed by atoms with Gasteiger partial charge in [0.05, 0.1) is 12.7 Å². The van der Waals surface area contributed by atoms with E-state index < -0.39 is 0 Å². The molecule has 4 rings (SSSR count). The first-order valence-corrected chi connectivity index (χ1v) is 10.8. The number of rotatable bonds is 3. The van der Waals surface area contributed by atoms with Crippen molar-refractivity contribution in [2.75, 3.05) is 18.6 Å². The average Bonchev–Trinajstić information content (AvgIpc) is 2.71. The minimum absolute atomic E-state index is 0.227. The summed E-state index contributed by atoms with van der Waals surface area (Å²) in [6.07, 6.45) is 4.84. The zero-order chi connectivity index (χ0) is 20.8. The van der Waals surface area contributed by atoms with Crippen LogP contribution in [0.25, 0.3) is 0 Å². The van der Waals surface area contributed by atoms with Crippen LogP contribution in [0.3, 0.4) is 0 Å². The number of esters is 1. The van der Waals surface area contributed by atoms with Gasteiger partial charge < -0.3 is 9.64 Å². The Morgan fingerprint density at radius 3 is 2.24 bits per heavy atom. The highest BCUT2D eigenvalue weighted by molar-refractivity contribution is 5.89. The van der Waals surface area contributed by atoms with Crippen LogP contribution in [0.4, 0.5) is 5.69 Å². The van der Waals surface area contributed by atoms with Crippen LogP contribution in [0.15, 0.2) is 36.4 Å². The molecule has 0 aromatic heterocycles. The van der Waals surface area contributed by atoms with E-state index in [-0.39, 0.29) is 16.8 Å². The van der Waals surface area contributed by atoms with Gasteiger partial charge in [-0.25, -0.2) is 4.79 Å². The van der Waals surface area contributed by atoms with Gasteiger partial charge in [-0.3, -0.25) is 0 Å². The van der Waals surface area contributed by atoms with Crippen molar-refractivity contribution in [3.05, 3.63) is 64.2 Å². The van der Waals surface area contributed by atoms with Crippen LogP contribution in [0.2, 0.25) is 0 Å². The van der Waals surface area contributed by atoms with Crippen LogP contribution in [-0.4, -0.2) is 19.6 Å². The molecule has 2 aromatic carbocycles. The summed E-state index contributed by atoms with van der Waals surface area (Å²) in [5, 5.41) is 0. The molecule has 1 aliphatic carbocycles. The van der Waals surface area contributed by atoms with E-state index >= 15 is 0 Å². The predicted octanol–water partition coefficient (Wildman–Crippen LogP) is 5.78. The fourth-order valence-corrected chi connectivity index (χ4v) is 4.97. The summed E-state index contributed by atoms with van der Waals surface area (Å²) in [6.45, 7) is 11.5. The molecule has 1 aliphatic heterocycles. The molecule has 1 heterocycles. The maximum absolute atomic E-state index is 11.7. The molecule has 0 atom stereocenters. The van der Waals surface area contributed by atoms with Gasteiger partial charge in [0.15, 0.2) is 0 Å². The van der Waals surface area contributed by atoms with Crippen molar-refractivity contribution in [1.29, 1.82) is 0 Å². The number of nitrogens with zero attached hydrogens (tertiary/aromatic N) is 1. The van der Waals surface area contributed by atoms with Crippen molar-refractivity contribution in [1.82, 2.24) is 0 Å². The third-order valence-electron chi connectivity index (χ3n) is 7.02. The van der Waals surface area contributed by atoms with Crippen LogP contribution in [0.5, 0.6) is 0 Å². The van der Waals surface area contributed by atoms with Gasteiger partial charge in [-0.05, 0) is 77.0 Å². The summed E-state index contributed by atoms with van der Waals surface area (Å²) in [5.74, 6) is -0.281. The van der Waals surface area contributed by atoms with E-state index in [1.807, 2.05) is 24.3 Å². The summed E-state index contributed by atoms with van der Waals surface area (Å²) in [7, 11) is 1.42. The molecule has 29 heavy (non-hydrogen) atoms. The third kappa shape index (κ3) is 3.68. The Morgan fingerprint density at radius 1 is 1.00 bits per heavy atom. The number of anilines is 1. The summed E-state index contributed by atoms with van der Waals surface area (Å²) < 4.78 is 4.81. The molecule has 2 aliphatic rings. The average molecular weight is 392 g/mol. The monoisotopic (exact) mass is 391 g/mol. The van der Waals surface area contributed by atoms with Crippen molar-refractivity contribution in [2.24, 2.45) is 0 Å². The number of hydrogen-bond donors (Lipinski definition) is 0. The number of methoxy groups -OCH3 is 1. The third-order valence-corrected chi connectivity index (χ3v) is 7.02. The molecule has 3 heteroatoms. The molecule has 154 valence electrons. The standard InChI is InChI=1S/C26H33NO2/c1-25(2)12-13-26(3,4)22-16-23-20(15-21(22)25)7-6-14-27(23)17-18-8-10-19(11-9-18)24(28)29-5/h8-11,15-16H,6-7,12-14,17H2,1-5H3. The molecule has 0 fully saturated rings. The lowest BCUT2D eigenvalue weighted by molar-refractivity contribution is 0.0600. The summed E-state index contributed by atoms with van der Waals surface area (Å²) in [5.41, 5.74) is 8.29. The first kappa shape index (κ1) is 20.0. The summed E-state index contributed by atoms with van der Waals surface area (Å²) >= 11 is 0. The molecule has 2 aromatic rings. The number of carbonyl (C=O) groups excluding carboxylic acids is 1. The Labute approximate surface area is 175 Å². The molecule has 0 bridgehead atoms. The van der Waals surface area contributed by atoms with Gasteiger partial charge in [0.1, 0.15) is 0 Å². The zero-order valence-electron chi connectivity index (χ0n) is 18.5. The predicted molar refractivity (Wildman–Crippen MR) is 119 cm³/mol. The molecule has 0 unspecified atom stereocenters. The molecule has 0 saturated carbocycles. The molecular formula is C26H33NO2. The minimum atomic E-state index is -0.281. The number of hydrogen-bond acceptors (Lipinski definition) is 3. The minimum Gasteiger partial charge on any atom is -0.465 e. The molecular weight excluding hydrogens is 358 g/mol. The second-order valence-electron chi connectivity index (χ2n) is 10.0. The fourth-order valence-electron chi connectivity index (χ4n) is 4.97. The van der Waals surface area contributed by atoms with Gasteiger partial charge in [0.2, 0.25) is 0 Å². The van der Waals surface area contributed by atoms with Crippen LogP contribution in [0, 0.1) is 0 Å². The Bertz CT molecular complexity index is 924. The second-order valence-corrected chi connectivity index (χ2v) is 10.0. The van der Waals surface area contributed by atoms with Crippen molar-refractivity contribution in [3.8, 4) is 0 Å². The molecule has 0 amide bonds. The van der Waals surface area contributed by atoms with Gasteiger partial charge in [-0.1, -0.05) is 45.9 Å². The van der Waals surface area contributed by atoms with Gasteiger partial charge in [0.25, 0.3) is 0 Å². The maximum Gasteiger partial charge on any atom is 0.337 e. The van der Waals surface area contributed by atoms with Gasteiger partial charge in [0, 0.05) is 18.8 Å². The smallest absolute Gasteiger partial charge is 0.337 e. The lowest BCUT2D eigenvalue weighted by Crippen LogP contribution is -2.36. The van der Waals surface area contributed by atoms with E-state index in [1.165, 1.54) is 48.8 Å². The number of benzene rings is 2. The van der Waals surface area contributed by atoms with Crippen LogP contribution < -0.4 is 4.90 Å². The van der Waals surface area contributed by atoms with E-state index in [2.05, 4.69) is 44.7 Å². The highest BCUT2D eigenvalue weighted by Gasteiger charge is 2.38. The summed E-state index contributed by atoms with van der Waals surface area (Å²) in [6, 6.07) is 12.8.